The topological polar surface area (TPSA) is 27.1 Å². The van der Waals surface area contributed by atoms with Crippen molar-refractivity contribution in [1.29, 1.82) is 0 Å². The summed E-state index contributed by atoms with van der Waals surface area (Å²) >= 11 is 9.60. The van der Waals surface area contributed by atoms with Gasteiger partial charge in [0.1, 0.15) is 5.82 Å². The van der Waals surface area contributed by atoms with Crippen LogP contribution in [-0.4, -0.2) is 22.8 Å². The van der Waals surface area contributed by atoms with Gasteiger partial charge in [-0.05, 0) is 37.5 Å². The maximum Gasteiger partial charge on any atom is 0.125 e. The molecule has 5 heteroatoms. The maximum atomic E-state index is 6.07. The molecule has 1 saturated carbocycles. The fraction of sp³-hybridized carbons (Fsp3) is 0.500. The smallest absolute Gasteiger partial charge is 0.125 e. The highest BCUT2D eigenvalue weighted by molar-refractivity contribution is 9.10. The molecular formula is C14H16BrClN2O. The van der Waals surface area contributed by atoms with Crippen molar-refractivity contribution in [3.05, 3.63) is 28.5 Å². The number of hydrogen-bond donors (Lipinski definition) is 0. The molecule has 19 heavy (non-hydrogen) atoms. The molecule has 102 valence electrons. The van der Waals surface area contributed by atoms with E-state index >= 15 is 0 Å². The number of halogens is 2. The number of nitrogens with zero attached hydrogens (tertiary/aromatic N) is 2. The summed E-state index contributed by atoms with van der Waals surface area (Å²) in [6.45, 7) is 0. The zero-order chi connectivity index (χ0) is 13.4. The summed E-state index contributed by atoms with van der Waals surface area (Å²) in [7, 11) is 1.79. The van der Waals surface area contributed by atoms with Gasteiger partial charge < -0.3 is 9.30 Å². The van der Waals surface area contributed by atoms with Crippen molar-refractivity contribution in [2.45, 2.75) is 37.3 Å². The average molecular weight is 344 g/mol. The lowest BCUT2D eigenvalue weighted by Gasteiger charge is -2.16. The van der Waals surface area contributed by atoms with E-state index in [9.17, 15) is 0 Å². The Hall–Kier alpha value is -0.580. The van der Waals surface area contributed by atoms with Crippen molar-refractivity contribution >= 4 is 38.6 Å². The summed E-state index contributed by atoms with van der Waals surface area (Å²) in [4.78, 5) is 4.64. The highest BCUT2D eigenvalue weighted by Gasteiger charge is 2.28. The van der Waals surface area contributed by atoms with Crippen molar-refractivity contribution < 1.29 is 4.74 Å². The number of hydrogen-bond acceptors (Lipinski definition) is 2. The first-order valence-corrected chi connectivity index (χ1v) is 7.80. The lowest BCUT2D eigenvalue weighted by atomic mass is 10.2. The lowest BCUT2D eigenvalue weighted by molar-refractivity contribution is 0.106. The van der Waals surface area contributed by atoms with E-state index in [0.717, 1.165) is 40.6 Å². The van der Waals surface area contributed by atoms with E-state index in [0.29, 0.717) is 18.0 Å². The number of imidazole rings is 1. The number of rotatable bonds is 3. The van der Waals surface area contributed by atoms with Crippen LogP contribution in [0, 0.1) is 0 Å². The van der Waals surface area contributed by atoms with E-state index in [-0.39, 0.29) is 0 Å². The first kappa shape index (κ1) is 13.4. The molecule has 0 bridgehead atoms. The normalized spacial score (nSPS) is 23.3. The largest absolute Gasteiger partial charge is 0.381 e. The highest BCUT2D eigenvalue weighted by Crippen LogP contribution is 2.36. The van der Waals surface area contributed by atoms with Gasteiger partial charge in [-0.1, -0.05) is 15.9 Å². The summed E-state index contributed by atoms with van der Waals surface area (Å²) in [5.41, 5.74) is 2.17. The first-order chi connectivity index (χ1) is 9.22. The summed E-state index contributed by atoms with van der Waals surface area (Å²) in [5, 5.41) is 0. The van der Waals surface area contributed by atoms with Crippen molar-refractivity contribution in [1.82, 2.24) is 9.55 Å². The molecule has 1 fully saturated rings. The lowest BCUT2D eigenvalue weighted by Crippen LogP contribution is -2.11. The summed E-state index contributed by atoms with van der Waals surface area (Å²) in [6, 6.07) is 6.62. The number of ether oxygens (including phenoxy) is 1. The minimum absolute atomic E-state index is 0.359. The molecule has 3 rings (SSSR count). The fourth-order valence-corrected chi connectivity index (χ4v) is 3.52. The third kappa shape index (κ3) is 2.41. The van der Waals surface area contributed by atoms with Crippen LogP contribution in [0.25, 0.3) is 11.0 Å². The van der Waals surface area contributed by atoms with Crippen LogP contribution in [0.4, 0.5) is 0 Å². The van der Waals surface area contributed by atoms with Gasteiger partial charge in [0, 0.05) is 17.6 Å². The van der Waals surface area contributed by atoms with Crippen LogP contribution < -0.4 is 0 Å². The molecule has 0 aliphatic heterocycles. The monoisotopic (exact) mass is 342 g/mol. The maximum absolute atomic E-state index is 6.07. The van der Waals surface area contributed by atoms with Crippen LogP contribution in [0.1, 0.15) is 31.1 Å². The van der Waals surface area contributed by atoms with Gasteiger partial charge in [0.15, 0.2) is 0 Å². The third-order valence-corrected chi connectivity index (χ3v) is 4.63. The summed E-state index contributed by atoms with van der Waals surface area (Å²) in [5.74, 6) is 1.40. The molecule has 0 radical (unpaired) electrons. The Morgan fingerprint density at radius 1 is 1.47 bits per heavy atom. The molecule has 2 atom stereocenters. The average Bonchev–Trinajstić information content (AvgIpc) is 3.01. The number of fused-ring (bicyclic) bond motifs is 1. The van der Waals surface area contributed by atoms with Gasteiger partial charge in [0.05, 0.1) is 23.0 Å². The van der Waals surface area contributed by atoms with Crippen molar-refractivity contribution in [3.8, 4) is 0 Å². The van der Waals surface area contributed by atoms with Crippen molar-refractivity contribution in [2.24, 2.45) is 0 Å². The fourth-order valence-electron chi connectivity index (χ4n) is 2.98. The van der Waals surface area contributed by atoms with Gasteiger partial charge in [-0.25, -0.2) is 4.98 Å². The number of benzene rings is 1. The molecule has 1 aromatic carbocycles. The standard InChI is InChI=1S/C14H16BrClN2O/c1-19-11-4-3-10(7-11)18-13-6-9(15)2-5-12(13)17-14(18)8-16/h2,5-6,10-11H,3-4,7-8H2,1H3. The van der Waals surface area contributed by atoms with Gasteiger partial charge in [0.25, 0.3) is 0 Å². The van der Waals surface area contributed by atoms with Crippen molar-refractivity contribution in [3.63, 3.8) is 0 Å². The van der Waals surface area contributed by atoms with E-state index in [1.54, 1.807) is 7.11 Å². The molecule has 2 aromatic rings. The minimum Gasteiger partial charge on any atom is -0.381 e. The molecule has 1 heterocycles. The van der Waals surface area contributed by atoms with Gasteiger partial charge >= 0.3 is 0 Å². The van der Waals surface area contributed by atoms with Crippen LogP contribution in [-0.2, 0) is 10.6 Å². The van der Waals surface area contributed by atoms with Crippen molar-refractivity contribution in [2.75, 3.05) is 7.11 Å². The number of alkyl halides is 1. The molecule has 3 nitrogen and oxygen atoms in total. The van der Waals surface area contributed by atoms with Crippen LogP contribution in [0.3, 0.4) is 0 Å². The highest BCUT2D eigenvalue weighted by atomic mass is 79.9. The van der Waals surface area contributed by atoms with Crippen LogP contribution in [0.15, 0.2) is 22.7 Å². The zero-order valence-electron chi connectivity index (χ0n) is 10.8. The molecular weight excluding hydrogens is 328 g/mol. The predicted molar refractivity (Wildman–Crippen MR) is 80.7 cm³/mol. The van der Waals surface area contributed by atoms with E-state index in [1.807, 2.05) is 12.1 Å². The third-order valence-electron chi connectivity index (χ3n) is 3.90. The SMILES string of the molecule is COC1CCC(n2c(CCl)nc3ccc(Br)cc32)C1. The molecule has 2 unspecified atom stereocenters. The Kier molecular flexibility index (Phi) is 3.83. The number of methoxy groups -OCH3 is 1. The Balaban J connectivity index is 2.08. The Labute approximate surface area is 126 Å². The number of aromatic nitrogens is 2. The molecule has 0 N–H and O–H groups in total. The minimum atomic E-state index is 0.359. The second kappa shape index (κ2) is 5.43. The first-order valence-electron chi connectivity index (χ1n) is 6.48. The van der Waals surface area contributed by atoms with Gasteiger partial charge in [-0.3, -0.25) is 0 Å². The molecule has 0 saturated heterocycles. The summed E-state index contributed by atoms with van der Waals surface area (Å²) in [6.07, 6.45) is 3.63. The second-order valence-electron chi connectivity index (χ2n) is 4.99. The summed E-state index contributed by atoms with van der Waals surface area (Å²) < 4.78 is 8.84. The Morgan fingerprint density at radius 3 is 3.00 bits per heavy atom. The molecule has 1 aromatic heterocycles. The van der Waals surface area contributed by atoms with Gasteiger partial charge in [-0.15, -0.1) is 11.6 Å². The van der Waals surface area contributed by atoms with Crippen LogP contribution >= 0.6 is 27.5 Å². The zero-order valence-corrected chi connectivity index (χ0v) is 13.1. The van der Waals surface area contributed by atoms with E-state index in [2.05, 4.69) is 31.5 Å². The molecule has 0 spiro atoms. The second-order valence-corrected chi connectivity index (χ2v) is 6.17. The molecule has 1 aliphatic rings. The van der Waals surface area contributed by atoms with Crippen LogP contribution in [0.2, 0.25) is 0 Å². The van der Waals surface area contributed by atoms with Gasteiger partial charge in [-0.2, -0.15) is 0 Å². The van der Waals surface area contributed by atoms with E-state index < -0.39 is 0 Å². The van der Waals surface area contributed by atoms with E-state index in [4.69, 9.17) is 16.3 Å². The van der Waals surface area contributed by atoms with Gasteiger partial charge in [0.2, 0.25) is 0 Å². The van der Waals surface area contributed by atoms with E-state index in [1.165, 1.54) is 0 Å². The quantitative estimate of drug-likeness (QED) is 0.778. The Bertz CT molecular complexity index is 598. The predicted octanol–water partition coefficient (Wildman–Crippen LogP) is 4.28. The Morgan fingerprint density at radius 2 is 2.32 bits per heavy atom. The molecule has 1 aliphatic carbocycles. The van der Waals surface area contributed by atoms with Crippen LogP contribution in [0.5, 0.6) is 0 Å². The molecule has 0 amide bonds.